The minimum Gasteiger partial charge on any atom is -0.382 e. The fourth-order valence-electron chi connectivity index (χ4n) is 2.99. The lowest BCUT2D eigenvalue weighted by Crippen LogP contribution is -2.37. The van der Waals surface area contributed by atoms with E-state index in [4.69, 9.17) is 0 Å². The molecule has 0 radical (unpaired) electrons. The Kier molecular flexibility index (Phi) is 5.62. The Balaban J connectivity index is 1.93. The third-order valence-corrected chi connectivity index (χ3v) is 4.17. The highest BCUT2D eigenvalue weighted by atomic mass is 16.1. The number of amides is 1. The van der Waals surface area contributed by atoms with Gasteiger partial charge in [0.1, 0.15) is 0 Å². The molecule has 2 atom stereocenters. The van der Waals surface area contributed by atoms with Crippen LogP contribution < -0.4 is 16.0 Å². The molecule has 2 unspecified atom stereocenters. The molecule has 1 heterocycles. The summed E-state index contributed by atoms with van der Waals surface area (Å²) in [6, 6.07) is 6.87. The summed E-state index contributed by atoms with van der Waals surface area (Å²) in [6.45, 7) is 5.42. The third-order valence-electron chi connectivity index (χ3n) is 4.17. The van der Waals surface area contributed by atoms with Crippen molar-refractivity contribution >= 4 is 11.6 Å². The molecule has 3 N–H and O–H groups in total. The van der Waals surface area contributed by atoms with Crippen molar-refractivity contribution in [3.8, 4) is 0 Å². The number of carbonyl (C=O) groups excluding carboxylic acids is 1. The van der Waals surface area contributed by atoms with Crippen LogP contribution in [-0.4, -0.2) is 31.6 Å². The summed E-state index contributed by atoms with van der Waals surface area (Å²) in [5.74, 6) is -0.0379. The van der Waals surface area contributed by atoms with E-state index >= 15 is 0 Å². The molecule has 1 aliphatic rings. The second kappa shape index (κ2) is 7.46. The van der Waals surface area contributed by atoms with Gasteiger partial charge in [-0.1, -0.05) is 6.42 Å². The Morgan fingerprint density at radius 3 is 2.86 bits per heavy atom. The van der Waals surface area contributed by atoms with E-state index in [1.807, 2.05) is 25.1 Å². The maximum atomic E-state index is 11.6. The van der Waals surface area contributed by atoms with Crippen LogP contribution in [0.4, 0.5) is 5.69 Å². The average Bonchev–Trinajstić information content (AvgIpc) is 2.49. The summed E-state index contributed by atoms with van der Waals surface area (Å²) >= 11 is 0. The molecule has 1 amide bonds. The molecule has 21 heavy (non-hydrogen) atoms. The Morgan fingerprint density at radius 1 is 1.43 bits per heavy atom. The van der Waals surface area contributed by atoms with Crippen molar-refractivity contribution < 1.29 is 4.79 Å². The molecule has 1 saturated heterocycles. The van der Waals surface area contributed by atoms with Gasteiger partial charge in [-0.15, -0.1) is 0 Å². The third kappa shape index (κ3) is 4.46. The van der Waals surface area contributed by atoms with Gasteiger partial charge in [0.15, 0.2) is 0 Å². The zero-order chi connectivity index (χ0) is 15.2. The highest BCUT2D eigenvalue weighted by Crippen LogP contribution is 2.20. The summed E-state index contributed by atoms with van der Waals surface area (Å²) in [6.07, 6.45) is 5.06. The molecular formula is C17H27N3O. The number of anilines is 1. The van der Waals surface area contributed by atoms with Crippen LogP contribution in [0.2, 0.25) is 0 Å². The fourth-order valence-corrected chi connectivity index (χ4v) is 2.99. The molecule has 1 aliphatic heterocycles. The Labute approximate surface area is 127 Å². The Morgan fingerprint density at radius 2 is 2.24 bits per heavy atom. The minimum atomic E-state index is -0.0379. The van der Waals surface area contributed by atoms with Gasteiger partial charge in [-0.05, 0) is 63.4 Å². The predicted octanol–water partition coefficient (Wildman–Crippen LogP) is 2.69. The maximum Gasteiger partial charge on any atom is 0.251 e. The predicted molar refractivity (Wildman–Crippen MR) is 87.9 cm³/mol. The molecule has 0 aromatic heterocycles. The van der Waals surface area contributed by atoms with Crippen molar-refractivity contribution in [2.45, 2.75) is 51.6 Å². The number of piperidine rings is 1. The van der Waals surface area contributed by atoms with E-state index in [9.17, 15) is 4.79 Å². The molecule has 4 heteroatoms. The lowest BCUT2D eigenvalue weighted by Gasteiger charge is -2.27. The number of carbonyl (C=O) groups is 1. The van der Waals surface area contributed by atoms with Gasteiger partial charge in [-0.3, -0.25) is 4.79 Å². The van der Waals surface area contributed by atoms with Gasteiger partial charge in [0.25, 0.3) is 5.91 Å². The van der Waals surface area contributed by atoms with Gasteiger partial charge in [0.2, 0.25) is 0 Å². The largest absolute Gasteiger partial charge is 0.382 e. The van der Waals surface area contributed by atoms with E-state index in [-0.39, 0.29) is 5.91 Å². The lowest BCUT2D eigenvalue weighted by atomic mass is 9.98. The van der Waals surface area contributed by atoms with Gasteiger partial charge < -0.3 is 16.0 Å². The van der Waals surface area contributed by atoms with Crippen LogP contribution >= 0.6 is 0 Å². The molecule has 0 spiro atoms. The first-order valence-corrected chi connectivity index (χ1v) is 7.93. The van der Waals surface area contributed by atoms with Gasteiger partial charge in [0, 0.05) is 30.4 Å². The monoisotopic (exact) mass is 289 g/mol. The molecular weight excluding hydrogens is 262 g/mol. The van der Waals surface area contributed by atoms with E-state index < -0.39 is 0 Å². The molecule has 1 aromatic carbocycles. The van der Waals surface area contributed by atoms with E-state index in [2.05, 4.69) is 22.9 Å². The topological polar surface area (TPSA) is 53.2 Å². The van der Waals surface area contributed by atoms with Crippen molar-refractivity contribution in [1.29, 1.82) is 0 Å². The number of aryl methyl sites for hydroxylation is 1. The number of hydrogen-bond donors (Lipinski definition) is 3. The second-order valence-electron chi connectivity index (χ2n) is 6.04. The maximum absolute atomic E-state index is 11.6. The van der Waals surface area contributed by atoms with Crippen molar-refractivity contribution in [3.05, 3.63) is 29.3 Å². The van der Waals surface area contributed by atoms with Crippen LogP contribution in [0.5, 0.6) is 0 Å². The minimum absolute atomic E-state index is 0.0379. The van der Waals surface area contributed by atoms with Crippen molar-refractivity contribution in [3.63, 3.8) is 0 Å². The normalized spacial score (nSPS) is 19.9. The summed E-state index contributed by atoms with van der Waals surface area (Å²) in [5, 5.41) is 9.81. The lowest BCUT2D eigenvalue weighted by molar-refractivity contribution is 0.0963. The first kappa shape index (κ1) is 15.8. The molecule has 116 valence electrons. The van der Waals surface area contributed by atoms with Crippen LogP contribution in [-0.2, 0) is 0 Å². The molecule has 0 aliphatic carbocycles. The highest BCUT2D eigenvalue weighted by Gasteiger charge is 2.16. The molecule has 2 rings (SSSR count). The molecule has 1 aromatic rings. The Bertz CT molecular complexity index is 481. The first-order chi connectivity index (χ1) is 10.1. The van der Waals surface area contributed by atoms with Crippen molar-refractivity contribution in [1.82, 2.24) is 10.6 Å². The second-order valence-corrected chi connectivity index (χ2v) is 6.04. The van der Waals surface area contributed by atoms with Gasteiger partial charge in [0.05, 0.1) is 0 Å². The molecule has 4 nitrogen and oxygen atoms in total. The Hall–Kier alpha value is -1.55. The number of benzene rings is 1. The first-order valence-electron chi connectivity index (χ1n) is 7.93. The smallest absolute Gasteiger partial charge is 0.251 e. The van der Waals surface area contributed by atoms with Crippen LogP contribution in [0.15, 0.2) is 18.2 Å². The van der Waals surface area contributed by atoms with E-state index in [0.29, 0.717) is 17.6 Å². The van der Waals surface area contributed by atoms with Crippen LogP contribution in [0, 0.1) is 6.92 Å². The van der Waals surface area contributed by atoms with E-state index in [0.717, 1.165) is 24.2 Å². The summed E-state index contributed by atoms with van der Waals surface area (Å²) < 4.78 is 0. The zero-order valence-corrected chi connectivity index (χ0v) is 13.3. The fraction of sp³-hybridized carbons (Fsp3) is 0.588. The van der Waals surface area contributed by atoms with Crippen LogP contribution in [0.3, 0.4) is 0 Å². The van der Waals surface area contributed by atoms with E-state index in [1.54, 1.807) is 7.05 Å². The van der Waals surface area contributed by atoms with Crippen molar-refractivity contribution in [2.75, 3.05) is 18.9 Å². The SMILES string of the molecule is CNC(=O)c1ccc(NC(C)CC2CCCCN2)c(C)c1. The number of rotatable bonds is 5. The van der Waals surface area contributed by atoms with Crippen LogP contribution in [0.25, 0.3) is 0 Å². The average molecular weight is 289 g/mol. The molecule has 0 bridgehead atoms. The molecule has 0 saturated carbocycles. The summed E-state index contributed by atoms with van der Waals surface area (Å²) in [7, 11) is 1.66. The molecule has 1 fully saturated rings. The van der Waals surface area contributed by atoms with Gasteiger partial charge >= 0.3 is 0 Å². The number of nitrogens with one attached hydrogen (secondary N) is 3. The standard InChI is InChI=1S/C17H27N3O/c1-12-10-14(17(21)18-3)7-8-16(12)20-13(2)11-15-6-4-5-9-19-15/h7-8,10,13,15,19-20H,4-6,9,11H2,1-3H3,(H,18,21). The zero-order valence-electron chi connectivity index (χ0n) is 13.3. The van der Waals surface area contributed by atoms with Gasteiger partial charge in [-0.25, -0.2) is 0 Å². The quantitative estimate of drug-likeness (QED) is 0.781. The van der Waals surface area contributed by atoms with Gasteiger partial charge in [-0.2, -0.15) is 0 Å². The van der Waals surface area contributed by atoms with Crippen molar-refractivity contribution in [2.24, 2.45) is 0 Å². The highest BCUT2D eigenvalue weighted by molar-refractivity contribution is 5.94. The van der Waals surface area contributed by atoms with Crippen LogP contribution in [0.1, 0.15) is 48.5 Å². The number of hydrogen-bond acceptors (Lipinski definition) is 3. The summed E-state index contributed by atoms with van der Waals surface area (Å²) in [4.78, 5) is 11.6. The summed E-state index contributed by atoms with van der Waals surface area (Å²) in [5.41, 5.74) is 2.94. The van der Waals surface area contributed by atoms with E-state index in [1.165, 1.54) is 19.3 Å².